The first kappa shape index (κ1) is 14.9. The lowest BCUT2D eigenvalue weighted by atomic mass is 10.2. The Morgan fingerprint density at radius 2 is 2.14 bits per heavy atom. The average Bonchev–Trinajstić information content (AvgIpc) is 3.20. The van der Waals surface area contributed by atoms with Gasteiger partial charge in [0.1, 0.15) is 6.04 Å². The van der Waals surface area contributed by atoms with Gasteiger partial charge in [0.2, 0.25) is 5.91 Å². The Morgan fingerprint density at radius 1 is 1.41 bits per heavy atom. The molecule has 1 heterocycles. The molecular weight excluding hydrogens is 300 g/mol. The molecule has 0 saturated heterocycles. The fourth-order valence-corrected chi connectivity index (χ4v) is 2.30. The van der Waals surface area contributed by atoms with Crippen LogP contribution in [0.15, 0.2) is 36.7 Å². The number of halogens is 1. The number of carbonyl (C=O) groups is 1. The predicted octanol–water partition coefficient (Wildman–Crippen LogP) is 2.66. The maximum Gasteiger partial charge on any atom is 0.242 e. The molecule has 1 saturated carbocycles. The molecule has 2 N–H and O–H groups in total. The standard InChI is InChI=1S/C16H19ClN4O/c1-11(16(22)20-14-6-7-14)19-15-8-18-21(10-15)9-12-2-4-13(17)5-3-12/h2-5,8,10-11,14,19H,6-7,9H2,1H3,(H,20,22). The van der Waals surface area contributed by atoms with Gasteiger partial charge in [0.05, 0.1) is 18.4 Å². The Labute approximate surface area is 134 Å². The highest BCUT2D eigenvalue weighted by molar-refractivity contribution is 6.30. The normalized spacial score (nSPS) is 15.4. The minimum absolute atomic E-state index is 0.0351. The topological polar surface area (TPSA) is 59.0 Å². The molecule has 0 bridgehead atoms. The maximum atomic E-state index is 11.9. The molecule has 1 aromatic carbocycles. The van der Waals surface area contributed by atoms with Gasteiger partial charge < -0.3 is 10.6 Å². The molecule has 0 aliphatic heterocycles. The number of hydrogen-bond acceptors (Lipinski definition) is 3. The van der Waals surface area contributed by atoms with Crippen molar-refractivity contribution in [2.45, 2.75) is 38.4 Å². The van der Waals surface area contributed by atoms with Crippen molar-refractivity contribution in [2.24, 2.45) is 0 Å². The van der Waals surface area contributed by atoms with Crippen LogP contribution in [0.2, 0.25) is 5.02 Å². The van der Waals surface area contributed by atoms with E-state index in [1.165, 1.54) is 0 Å². The van der Waals surface area contributed by atoms with E-state index in [1.807, 2.05) is 42.1 Å². The SMILES string of the molecule is CC(Nc1cnn(Cc2ccc(Cl)cc2)c1)C(=O)NC1CC1. The molecular formula is C16H19ClN4O. The Kier molecular flexibility index (Phi) is 4.34. The third-order valence-electron chi connectivity index (χ3n) is 3.59. The van der Waals surface area contributed by atoms with Crippen molar-refractivity contribution in [1.82, 2.24) is 15.1 Å². The van der Waals surface area contributed by atoms with Gasteiger partial charge in [-0.05, 0) is 37.5 Å². The third kappa shape index (κ3) is 4.01. The van der Waals surface area contributed by atoms with Crippen molar-refractivity contribution in [3.05, 3.63) is 47.2 Å². The summed E-state index contributed by atoms with van der Waals surface area (Å²) < 4.78 is 1.83. The molecule has 6 heteroatoms. The molecule has 1 aliphatic carbocycles. The smallest absolute Gasteiger partial charge is 0.242 e. The number of hydrogen-bond donors (Lipinski definition) is 2. The van der Waals surface area contributed by atoms with E-state index in [9.17, 15) is 4.79 Å². The minimum Gasteiger partial charge on any atom is -0.371 e. The fourth-order valence-electron chi connectivity index (χ4n) is 2.17. The van der Waals surface area contributed by atoms with E-state index in [4.69, 9.17) is 11.6 Å². The van der Waals surface area contributed by atoms with E-state index in [0.29, 0.717) is 12.6 Å². The number of aromatic nitrogens is 2. The van der Waals surface area contributed by atoms with E-state index < -0.39 is 0 Å². The number of carbonyl (C=O) groups excluding carboxylic acids is 1. The Balaban J connectivity index is 1.56. The molecule has 22 heavy (non-hydrogen) atoms. The summed E-state index contributed by atoms with van der Waals surface area (Å²) in [4.78, 5) is 11.9. The van der Waals surface area contributed by atoms with Gasteiger partial charge in [-0.2, -0.15) is 5.10 Å². The van der Waals surface area contributed by atoms with Gasteiger partial charge >= 0.3 is 0 Å². The van der Waals surface area contributed by atoms with Gasteiger partial charge in [-0.3, -0.25) is 9.48 Å². The summed E-state index contributed by atoms with van der Waals surface area (Å²) >= 11 is 5.88. The first-order valence-corrected chi connectivity index (χ1v) is 7.82. The average molecular weight is 319 g/mol. The largest absolute Gasteiger partial charge is 0.371 e. The zero-order valence-corrected chi connectivity index (χ0v) is 13.2. The van der Waals surface area contributed by atoms with Crippen LogP contribution in [-0.2, 0) is 11.3 Å². The van der Waals surface area contributed by atoms with Crippen molar-refractivity contribution in [2.75, 3.05) is 5.32 Å². The van der Waals surface area contributed by atoms with E-state index in [1.54, 1.807) is 6.20 Å². The highest BCUT2D eigenvalue weighted by Crippen LogP contribution is 2.19. The predicted molar refractivity (Wildman–Crippen MR) is 87.0 cm³/mol. The highest BCUT2D eigenvalue weighted by atomic mass is 35.5. The van der Waals surface area contributed by atoms with Gasteiger partial charge in [0.15, 0.2) is 0 Å². The van der Waals surface area contributed by atoms with Gasteiger partial charge in [0.25, 0.3) is 0 Å². The summed E-state index contributed by atoms with van der Waals surface area (Å²) in [6.45, 7) is 2.52. The number of rotatable bonds is 6. The summed E-state index contributed by atoms with van der Waals surface area (Å²) in [6.07, 6.45) is 5.82. The van der Waals surface area contributed by atoms with Crippen molar-refractivity contribution >= 4 is 23.2 Å². The van der Waals surface area contributed by atoms with Crippen LogP contribution in [0.3, 0.4) is 0 Å². The van der Waals surface area contributed by atoms with E-state index in [2.05, 4.69) is 15.7 Å². The van der Waals surface area contributed by atoms with Crippen LogP contribution in [0.5, 0.6) is 0 Å². The number of nitrogens with zero attached hydrogens (tertiary/aromatic N) is 2. The number of benzene rings is 1. The minimum atomic E-state index is -0.270. The third-order valence-corrected chi connectivity index (χ3v) is 3.84. The molecule has 1 aromatic heterocycles. The number of amides is 1. The summed E-state index contributed by atoms with van der Waals surface area (Å²) in [5, 5.41) is 11.2. The van der Waals surface area contributed by atoms with Gasteiger partial charge in [-0.15, -0.1) is 0 Å². The van der Waals surface area contributed by atoms with E-state index in [0.717, 1.165) is 29.1 Å². The second-order valence-corrected chi connectivity index (χ2v) is 6.14. The van der Waals surface area contributed by atoms with Crippen molar-refractivity contribution in [3.63, 3.8) is 0 Å². The van der Waals surface area contributed by atoms with Crippen LogP contribution < -0.4 is 10.6 Å². The first-order chi connectivity index (χ1) is 10.6. The summed E-state index contributed by atoms with van der Waals surface area (Å²) in [5.74, 6) is 0.0351. The fraction of sp³-hybridized carbons (Fsp3) is 0.375. The first-order valence-electron chi connectivity index (χ1n) is 7.44. The van der Waals surface area contributed by atoms with Crippen LogP contribution in [0.4, 0.5) is 5.69 Å². The molecule has 2 aromatic rings. The Bertz CT molecular complexity index is 648. The molecule has 3 rings (SSSR count). The second-order valence-electron chi connectivity index (χ2n) is 5.70. The van der Waals surface area contributed by atoms with Gasteiger partial charge in [-0.1, -0.05) is 23.7 Å². The summed E-state index contributed by atoms with van der Waals surface area (Å²) in [6, 6.07) is 7.79. The van der Waals surface area contributed by atoms with Crippen LogP contribution in [-0.4, -0.2) is 27.8 Å². The van der Waals surface area contributed by atoms with Crippen LogP contribution >= 0.6 is 11.6 Å². The zero-order chi connectivity index (χ0) is 15.5. The molecule has 5 nitrogen and oxygen atoms in total. The molecule has 1 atom stereocenters. The van der Waals surface area contributed by atoms with Gasteiger partial charge in [-0.25, -0.2) is 0 Å². The molecule has 0 spiro atoms. The van der Waals surface area contributed by atoms with Crippen molar-refractivity contribution < 1.29 is 4.79 Å². The number of nitrogens with one attached hydrogen (secondary N) is 2. The number of anilines is 1. The van der Waals surface area contributed by atoms with Crippen LogP contribution in [0, 0.1) is 0 Å². The second kappa shape index (κ2) is 6.40. The summed E-state index contributed by atoms with van der Waals surface area (Å²) in [7, 11) is 0. The molecule has 1 amide bonds. The van der Waals surface area contributed by atoms with Crippen LogP contribution in [0.25, 0.3) is 0 Å². The Hall–Kier alpha value is -2.01. The van der Waals surface area contributed by atoms with Crippen LogP contribution in [0.1, 0.15) is 25.3 Å². The quantitative estimate of drug-likeness (QED) is 0.861. The van der Waals surface area contributed by atoms with Gasteiger partial charge in [0, 0.05) is 17.3 Å². The van der Waals surface area contributed by atoms with Crippen molar-refractivity contribution in [1.29, 1.82) is 0 Å². The maximum absolute atomic E-state index is 11.9. The lowest BCUT2D eigenvalue weighted by Crippen LogP contribution is -2.38. The monoisotopic (exact) mass is 318 g/mol. The lowest BCUT2D eigenvalue weighted by Gasteiger charge is -2.13. The zero-order valence-electron chi connectivity index (χ0n) is 12.4. The molecule has 0 radical (unpaired) electrons. The van der Waals surface area contributed by atoms with Crippen molar-refractivity contribution in [3.8, 4) is 0 Å². The van der Waals surface area contributed by atoms with E-state index >= 15 is 0 Å². The molecule has 1 aliphatic rings. The Morgan fingerprint density at radius 3 is 2.82 bits per heavy atom. The lowest BCUT2D eigenvalue weighted by molar-refractivity contribution is -0.121. The molecule has 116 valence electrons. The van der Waals surface area contributed by atoms with E-state index in [-0.39, 0.29) is 11.9 Å². The highest BCUT2D eigenvalue weighted by Gasteiger charge is 2.25. The summed E-state index contributed by atoms with van der Waals surface area (Å²) in [5.41, 5.74) is 1.96. The molecule has 1 fully saturated rings. The molecule has 1 unspecified atom stereocenters.